The Balaban J connectivity index is 1.79. The van der Waals surface area contributed by atoms with Gasteiger partial charge < -0.3 is 5.32 Å². The molecule has 1 aliphatic heterocycles. The first-order valence-corrected chi connectivity index (χ1v) is 10.2. The summed E-state index contributed by atoms with van der Waals surface area (Å²) in [5.41, 5.74) is 2.46. The lowest BCUT2D eigenvalue weighted by Crippen LogP contribution is -2.34. The highest BCUT2D eigenvalue weighted by atomic mass is 32.2. The monoisotopic (exact) mass is 396 g/mol. The van der Waals surface area contributed by atoms with E-state index >= 15 is 0 Å². The van der Waals surface area contributed by atoms with Gasteiger partial charge in [0, 0.05) is 28.9 Å². The van der Waals surface area contributed by atoms with Crippen LogP contribution in [-0.4, -0.2) is 20.9 Å². The minimum atomic E-state index is -3.64. The van der Waals surface area contributed by atoms with Crippen molar-refractivity contribution in [2.45, 2.75) is 11.8 Å². The Bertz CT molecular complexity index is 1190. The van der Waals surface area contributed by atoms with Crippen molar-refractivity contribution < 1.29 is 17.6 Å². The molecule has 0 spiro atoms. The van der Waals surface area contributed by atoms with Crippen LogP contribution in [0.3, 0.4) is 0 Å². The Morgan fingerprint density at radius 3 is 2.54 bits per heavy atom. The minimum absolute atomic E-state index is 0.215. The first kappa shape index (κ1) is 18.2. The molecule has 0 saturated carbocycles. The van der Waals surface area contributed by atoms with E-state index in [2.05, 4.69) is 5.32 Å². The third-order valence-electron chi connectivity index (χ3n) is 4.64. The van der Waals surface area contributed by atoms with Gasteiger partial charge in [-0.15, -0.1) is 0 Å². The van der Waals surface area contributed by atoms with Crippen LogP contribution < -0.4 is 9.62 Å². The Labute approximate surface area is 162 Å². The predicted octanol–water partition coefficient (Wildman–Crippen LogP) is 4.27. The third kappa shape index (κ3) is 2.93. The molecule has 142 valence electrons. The maximum atomic E-state index is 13.4. The molecule has 0 radical (unpaired) electrons. The van der Waals surface area contributed by atoms with Crippen molar-refractivity contribution in [2.24, 2.45) is 0 Å². The second kappa shape index (κ2) is 6.76. The van der Waals surface area contributed by atoms with E-state index < -0.39 is 21.7 Å². The van der Waals surface area contributed by atoms with E-state index in [4.69, 9.17) is 0 Å². The van der Waals surface area contributed by atoms with E-state index in [-0.39, 0.29) is 11.4 Å². The molecule has 1 N–H and O–H groups in total. The molecule has 0 unspecified atom stereocenters. The Morgan fingerprint density at radius 2 is 1.79 bits per heavy atom. The lowest BCUT2D eigenvalue weighted by atomic mass is 10.00. The number of sulfonamides is 1. The van der Waals surface area contributed by atoms with Crippen molar-refractivity contribution in [2.75, 3.05) is 16.2 Å². The van der Waals surface area contributed by atoms with Gasteiger partial charge in [-0.2, -0.15) is 0 Å². The second-order valence-corrected chi connectivity index (χ2v) is 8.19. The van der Waals surface area contributed by atoms with E-state index in [1.165, 1.54) is 22.5 Å². The van der Waals surface area contributed by atoms with Gasteiger partial charge in [0.05, 0.1) is 10.6 Å². The smallest absolute Gasteiger partial charge is 0.264 e. The number of halogens is 1. The summed E-state index contributed by atoms with van der Waals surface area (Å²) in [6.45, 7) is 2.04. The first-order valence-electron chi connectivity index (χ1n) is 8.75. The molecule has 0 aliphatic carbocycles. The molecule has 28 heavy (non-hydrogen) atoms. The summed E-state index contributed by atoms with van der Waals surface area (Å²) in [6.07, 6.45) is 0. The zero-order valence-electron chi connectivity index (χ0n) is 15.0. The minimum Gasteiger partial charge on any atom is -0.322 e. The van der Waals surface area contributed by atoms with Crippen molar-refractivity contribution in [3.05, 3.63) is 78.1 Å². The normalized spacial score (nSPS) is 14.1. The van der Waals surface area contributed by atoms with Crippen LogP contribution in [0.5, 0.6) is 0 Å². The molecule has 3 aromatic carbocycles. The van der Waals surface area contributed by atoms with Crippen molar-refractivity contribution in [1.29, 1.82) is 0 Å². The average Bonchev–Trinajstić information content (AvgIpc) is 2.68. The van der Waals surface area contributed by atoms with Gasteiger partial charge in [-0.1, -0.05) is 24.3 Å². The summed E-state index contributed by atoms with van der Waals surface area (Å²) in [6, 6.07) is 17.2. The molecule has 1 aliphatic rings. The number of rotatable bonds is 3. The summed E-state index contributed by atoms with van der Waals surface area (Å²) < 4.78 is 40.5. The van der Waals surface area contributed by atoms with Crippen LogP contribution in [0.2, 0.25) is 0 Å². The van der Waals surface area contributed by atoms with Crippen molar-refractivity contribution in [1.82, 2.24) is 0 Å². The lowest BCUT2D eigenvalue weighted by Gasteiger charge is -2.31. The zero-order valence-corrected chi connectivity index (χ0v) is 15.8. The topological polar surface area (TPSA) is 66.5 Å². The number of amides is 1. The van der Waals surface area contributed by atoms with E-state index in [9.17, 15) is 17.6 Å². The van der Waals surface area contributed by atoms with Crippen molar-refractivity contribution in [3.63, 3.8) is 0 Å². The zero-order chi connectivity index (χ0) is 19.9. The fourth-order valence-corrected chi connectivity index (χ4v) is 5.08. The number of nitrogens with zero attached hydrogens (tertiary/aromatic N) is 1. The number of fused-ring (bicyclic) bond motifs is 3. The molecule has 0 bridgehead atoms. The van der Waals surface area contributed by atoms with E-state index in [1.54, 1.807) is 55.5 Å². The van der Waals surface area contributed by atoms with Crippen LogP contribution in [0.25, 0.3) is 11.1 Å². The standard InChI is InChI=1S/C21H17FN2O3S/c1-2-24-19-11-10-14(21(25)23-16-7-5-6-15(22)13-16)12-18(19)17-8-3-4-9-20(17)28(24,26)27/h3-13H,2H2,1H3,(H,23,25). The fraction of sp³-hybridized carbons (Fsp3) is 0.0952. The van der Waals surface area contributed by atoms with Gasteiger partial charge >= 0.3 is 0 Å². The summed E-state index contributed by atoms with van der Waals surface area (Å²) in [5.74, 6) is -0.844. The van der Waals surface area contributed by atoms with Crippen molar-refractivity contribution in [3.8, 4) is 11.1 Å². The molecule has 0 fully saturated rings. The number of benzene rings is 3. The summed E-state index contributed by atoms with van der Waals surface area (Å²) in [7, 11) is -3.64. The molecular weight excluding hydrogens is 379 g/mol. The van der Waals surface area contributed by atoms with Crippen LogP contribution in [0.4, 0.5) is 15.8 Å². The van der Waals surface area contributed by atoms with Gasteiger partial charge in [0.15, 0.2) is 0 Å². The molecule has 0 aromatic heterocycles. The predicted molar refractivity (Wildman–Crippen MR) is 106 cm³/mol. The molecule has 1 heterocycles. The SMILES string of the molecule is CCN1c2ccc(C(=O)Nc3cccc(F)c3)cc2-c2ccccc2S1(=O)=O. The lowest BCUT2D eigenvalue weighted by molar-refractivity contribution is 0.102. The van der Waals surface area contributed by atoms with Crippen LogP contribution >= 0.6 is 0 Å². The van der Waals surface area contributed by atoms with E-state index in [0.29, 0.717) is 28.1 Å². The summed E-state index contributed by atoms with van der Waals surface area (Å²) >= 11 is 0. The van der Waals surface area contributed by atoms with Crippen LogP contribution in [0.15, 0.2) is 71.6 Å². The quantitative estimate of drug-likeness (QED) is 0.719. The first-order chi connectivity index (χ1) is 13.4. The molecule has 0 saturated heterocycles. The molecule has 4 rings (SSSR count). The van der Waals surface area contributed by atoms with Gasteiger partial charge in [-0.3, -0.25) is 9.10 Å². The average molecular weight is 396 g/mol. The molecular formula is C21H17FN2O3S. The van der Waals surface area contributed by atoms with Crippen LogP contribution in [-0.2, 0) is 10.0 Å². The number of carbonyl (C=O) groups excluding carboxylic acids is 1. The van der Waals surface area contributed by atoms with Gasteiger partial charge in [0.2, 0.25) is 0 Å². The van der Waals surface area contributed by atoms with Gasteiger partial charge in [-0.05, 0) is 49.4 Å². The van der Waals surface area contributed by atoms with Crippen LogP contribution in [0, 0.1) is 5.82 Å². The number of carbonyl (C=O) groups is 1. The van der Waals surface area contributed by atoms with Crippen LogP contribution in [0.1, 0.15) is 17.3 Å². The number of anilines is 2. The van der Waals surface area contributed by atoms with Gasteiger partial charge in [0.25, 0.3) is 15.9 Å². The highest BCUT2D eigenvalue weighted by Crippen LogP contribution is 2.43. The molecule has 7 heteroatoms. The van der Waals surface area contributed by atoms with Crippen molar-refractivity contribution >= 4 is 27.3 Å². The molecule has 0 atom stereocenters. The third-order valence-corrected chi connectivity index (χ3v) is 6.59. The largest absolute Gasteiger partial charge is 0.322 e. The maximum Gasteiger partial charge on any atom is 0.264 e. The van der Waals surface area contributed by atoms with E-state index in [1.807, 2.05) is 0 Å². The molecule has 5 nitrogen and oxygen atoms in total. The Morgan fingerprint density at radius 1 is 1.00 bits per heavy atom. The number of nitrogens with one attached hydrogen (secondary N) is 1. The fourth-order valence-electron chi connectivity index (χ4n) is 3.38. The number of hydrogen-bond donors (Lipinski definition) is 1. The second-order valence-electron chi connectivity index (χ2n) is 6.36. The Kier molecular flexibility index (Phi) is 4.39. The highest BCUT2D eigenvalue weighted by Gasteiger charge is 2.34. The molecule has 1 amide bonds. The highest BCUT2D eigenvalue weighted by molar-refractivity contribution is 7.93. The van der Waals surface area contributed by atoms with Gasteiger partial charge in [-0.25, -0.2) is 12.8 Å². The van der Waals surface area contributed by atoms with E-state index in [0.717, 1.165) is 0 Å². The maximum absolute atomic E-state index is 13.4. The summed E-state index contributed by atoms with van der Waals surface area (Å²) in [5, 5.41) is 2.66. The molecule has 3 aromatic rings. The van der Waals surface area contributed by atoms with Gasteiger partial charge in [0.1, 0.15) is 5.82 Å². The Hall–Kier alpha value is -3.19. The number of hydrogen-bond acceptors (Lipinski definition) is 3. The summed E-state index contributed by atoms with van der Waals surface area (Å²) in [4.78, 5) is 12.9.